The predicted molar refractivity (Wildman–Crippen MR) is 63.4 cm³/mol. The Hall–Kier alpha value is -1.55. The summed E-state index contributed by atoms with van der Waals surface area (Å²) in [7, 11) is 0. The van der Waals surface area contributed by atoms with E-state index in [0.29, 0.717) is 0 Å². The second-order valence-electron chi connectivity index (χ2n) is 3.24. The van der Waals surface area contributed by atoms with Crippen molar-refractivity contribution in [1.82, 2.24) is 5.32 Å². The van der Waals surface area contributed by atoms with Crippen LogP contribution in [0, 0.1) is 0 Å². The molecule has 0 unspecified atom stereocenters. The van der Waals surface area contributed by atoms with E-state index in [0.717, 1.165) is 5.56 Å². The summed E-state index contributed by atoms with van der Waals surface area (Å²) in [5.41, 5.74) is 0.992. The fourth-order valence-electron chi connectivity index (χ4n) is 1.13. The van der Waals surface area contributed by atoms with Gasteiger partial charge in [0.2, 0.25) is 0 Å². The SMILES string of the molecule is C/C(Cl)=N/OC(=O)N[C@H](C)c1ccccc1. The Morgan fingerprint density at radius 2 is 2.06 bits per heavy atom. The van der Waals surface area contributed by atoms with Gasteiger partial charge >= 0.3 is 6.09 Å². The van der Waals surface area contributed by atoms with E-state index in [2.05, 4.69) is 15.3 Å². The van der Waals surface area contributed by atoms with E-state index in [1.807, 2.05) is 37.3 Å². The molecule has 0 bridgehead atoms. The normalized spacial score (nSPS) is 13.1. The van der Waals surface area contributed by atoms with Gasteiger partial charge in [0.25, 0.3) is 0 Å². The van der Waals surface area contributed by atoms with Crippen LogP contribution in [0.3, 0.4) is 0 Å². The third-order valence-electron chi connectivity index (χ3n) is 1.89. The molecule has 1 N–H and O–H groups in total. The number of oxime groups is 1. The summed E-state index contributed by atoms with van der Waals surface area (Å²) in [4.78, 5) is 15.7. The van der Waals surface area contributed by atoms with Gasteiger partial charge in [0.1, 0.15) is 5.17 Å². The summed E-state index contributed by atoms with van der Waals surface area (Å²) in [6.45, 7) is 3.38. The molecule has 0 fully saturated rings. The minimum absolute atomic E-state index is 0.139. The Bertz CT molecular complexity index is 375. The topological polar surface area (TPSA) is 50.7 Å². The lowest BCUT2D eigenvalue weighted by molar-refractivity contribution is 0.147. The highest BCUT2D eigenvalue weighted by Gasteiger charge is 2.09. The van der Waals surface area contributed by atoms with Gasteiger partial charge in [0.15, 0.2) is 0 Å². The van der Waals surface area contributed by atoms with Crippen molar-refractivity contribution in [2.75, 3.05) is 0 Å². The maximum atomic E-state index is 11.2. The zero-order chi connectivity index (χ0) is 12.0. The summed E-state index contributed by atoms with van der Waals surface area (Å²) < 4.78 is 0. The molecule has 1 rings (SSSR count). The second kappa shape index (κ2) is 6.12. The first-order chi connectivity index (χ1) is 7.59. The van der Waals surface area contributed by atoms with Crippen LogP contribution in [0.1, 0.15) is 25.5 Å². The minimum Gasteiger partial charge on any atom is -0.313 e. The van der Waals surface area contributed by atoms with Crippen molar-refractivity contribution in [3.05, 3.63) is 35.9 Å². The third kappa shape index (κ3) is 4.31. The van der Waals surface area contributed by atoms with Crippen LogP contribution in [0.2, 0.25) is 0 Å². The average Bonchev–Trinajstić information content (AvgIpc) is 2.27. The molecule has 0 saturated heterocycles. The van der Waals surface area contributed by atoms with E-state index in [1.54, 1.807) is 0 Å². The lowest BCUT2D eigenvalue weighted by Gasteiger charge is -2.12. The van der Waals surface area contributed by atoms with Crippen LogP contribution in [0.25, 0.3) is 0 Å². The van der Waals surface area contributed by atoms with E-state index in [-0.39, 0.29) is 11.2 Å². The van der Waals surface area contributed by atoms with Crippen LogP contribution < -0.4 is 5.32 Å². The van der Waals surface area contributed by atoms with Crippen LogP contribution in [-0.4, -0.2) is 11.3 Å². The molecule has 1 amide bonds. The highest BCUT2D eigenvalue weighted by molar-refractivity contribution is 6.64. The molecular formula is C11H13ClN2O2. The van der Waals surface area contributed by atoms with Gasteiger partial charge in [0, 0.05) is 0 Å². The Morgan fingerprint density at radius 1 is 1.44 bits per heavy atom. The van der Waals surface area contributed by atoms with Crippen LogP contribution >= 0.6 is 11.6 Å². The molecule has 0 aliphatic carbocycles. The smallest absolute Gasteiger partial charge is 0.313 e. The van der Waals surface area contributed by atoms with Crippen molar-refractivity contribution < 1.29 is 9.63 Å². The van der Waals surface area contributed by atoms with E-state index >= 15 is 0 Å². The molecule has 0 heterocycles. The summed E-state index contributed by atoms with van der Waals surface area (Å²) >= 11 is 5.42. The zero-order valence-corrected chi connectivity index (χ0v) is 9.86. The molecule has 0 aliphatic rings. The van der Waals surface area contributed by atoms with Gasteiger partial charge < -0.3 is 5.32 Å². The largest absolute Gasteiger partial charge is 0.433 e. The van der Waals surface area contributed by atoms with Crippen LogP contribution in [0.4, 0.5) is 4.79 Å². The Morgan fingerprint density at radius 3 is 2.62 bits per heavy atom. The zero-order valence-electron chi connectivity index (χ0n) is 9.11. The van der Waals surface area contributed by atoms with Gasteiger partial charge in [-0.1, -0.05) is 47.1 Å². The van der Waals surface area contributed by atoms with Crippen molar-refractivity contribution in [3.8, 4) is 0 Å². The number of nitrogens with zero attached hydrogens (tertiary/aromatic N) is 1. The van der Waals surface area contributed by atoms with Gasteiger partial charge in [0.05, 0.1) is 6.04 Å². The Labute approximate surface area is 99.2 Å². The molecule has 1 aromatic carbocycles. The molecule has 16 heavy (non-hydrogen) atoms. The molecule has 0 saturated carbocycles. The highest BCUT2D eigenvalue weighted by atomic mass is 35.5. The number of carbonyl (C=O) groups excluding carboxylic acids is 1. The van der Waals surface area contributed by atoms with Gasteiger partial charge in [-0.25, -0.2) is 4.79 Å². The maximum absolute atomic E-state index is 11.2. The first-order valence-electron chi connectivity index (χ1n) is 4.82. The molecule has 86 valence electrons. The summed E-state index contributed by atoms with van der Waals surface area (Å²) in [6.07, 6.45) is -0.628. The first kappa shape index (κ1) is 12.5. The minimum atomic E-state index is -0.628. The summed E-state index contributed by atoms with van der Waals surface area (Å²) in [5, 5.41) is 6.13. The quantitative estimate of drug-likeness (QED) is 0.502. The Kier molecular flexibility index (Phi) is 4.79. The molecule has 0 aliphatic heterocycles. The summed E-state index contributed by atoms with van der Waals surface area (Å²) in [6, 6.07) is 9.41. The Balaban J connectivity index is 2.49. The number of carbonyl (C=O) groups is 1. The van der Waals surface area contributed by atoms with Crippen molar-refractivity contribution in [2.24, 2.45) is 5.16 Å². The van der Waals surface area contributed by atoms with Gasteiger partial charge in [-0.3, -0.25) is 4.84 Å². The number of hydrogen-bond acceptors (Lipinski definition) is 3. The van der Waals surface area contributed by atoms with Crippen LogP contribution in [0.5, 0.6) is 0 Å². The van der Waals surface area contributed by atoms with Gasteiger partial charge in [-0.15, -0.1) is 0 Å². The van der Waals surface area contributed by atoms with Crippen molar-refractivity contribution >= 4 is 22.9 Å². The van der Waals surface area contributed by atoms with Crippen molar-refractivity contribution in [2.45, 2.75) is 19.9 Å². The number of amides is 1. The molecule has 4 nitrogen and oxygen atoms in total. The average molecular weight is 241 g/mol. The number of rotatable bonds is 3. The van der Waals surface area contributed by atoms with E-state index in [9.17, 15) is 4.79 Å². The first-order valence-corrected chi connectivity index (χ1v) is 5.20. The third-order valence-corrected chi connectivity index (χ3v) is 1.96. The molecular weight excluding hydrogens is 228 g/mol. The highest BCUT2D eigenvalue weighted by Crippen LogP contribution is 2.10. The van der Waals surface area contributed by atoms with Crippen molar-refractivity contribution in [1.29, 1.82) is 0 Å². The number of halogens is 1. The lowest BCUT2D eigenvalue weighted by Crippen LogP contribution is -2.26. The van der Waals surface area contributed by atoms with Gasteiger partial charge in [-0.05, 0) is 19.4 Å². The van der Waals surface area contributed by atoms with E-state index in [4.69, 9.17) is 11.6 Å². The standard InChI is InChI=1S/C11H13ClN2O2/c1-8(10-6-4-3-5-7-10)13-11(15)16-14-9(2)12/h3-8H,1-2H3,(H,13,15)/b14-9-/t8-/m1/s1. The predicted octanol–water partition coefficient (Wildman–Crippen LogP) is 3.05. The molecule has 1 atom stereocenters. The second-order valence-corrected chi connectivity index (χ2v) is 3.79. The van der Waals surface area contributed by atoms with E-state index in [1.165, 1.54) is 6.92 Å². The number of benzene rings is 1. The molecule has 0 aromatic heterocycles. The molecule has 5 heteroatoms. The monoisotopic (exact) mass is 240 g/mol. The fourth-order valence-corrected chi connectivity index (χ4v) is 1.17. The number of hydrogen-bond donors (Lipinski definition) is 1. The van der Waals surface area contributed by atoms with E-state index < -0.39 is 6.09 Å². The molecule has 0 radical (unpaired) electrons. The van der Waals surface area contributed by atoms with Crippen molar-refractivity contribution in [3.63, 3.8) is 0 Å². The summed E-state index contributed by atoms with van der Waals surface area (Å²) in [5.74, 6) is 0. The van der Waals surface area contributed by atoms with Crippen LogP contribution in [0.15, 0.2) is 35.5 Å². The van der Waals surface area contributed by atoms with Gasteiger partial charge in [-0.2, -0.15) is 0 Å². The molecule has 0 spiro atoms. The lowest BCUT2D eigenvalue weighted by atomic mass is 10.1. The number of nitrogens with one attached hydrogen (secondary N) is 1. The maximum Gasteiger partial charge on any atom is 0.433 e. The van der Waals surface area contributed by atoms with Crippen LogP contribution in [-0.2, 0) is 4.84 Å². The fraction of sp³-hybridized carbons (Fsp3) is 0.273. The molecule has 1 aromatic rings.